The standard InChI is InChI=1S/C69H112O6/c1-4-7-10-13-16-19-22-25-27-29-31-33-34-36-37-39-41-44-47-50-53-56-59-62-68(71)74-65-66(64-73-67(70)61-58-55-52-49-46-43-24-21-18-15-12-9-6-3)75-69(72)63-60-57-54-51-48-45-42-40-38-35-32-30-28-26-23-20-17-14-11-8-5-2/h7-8,10-11,16-17,19-21,24-28,31-33,35-37,41,44,66H,4-6,9,12-15,18,22-23,29-30,34,38-40,42-43,45-65H2,1-3H3/b10-7-,11-8-,19-16-,20-17-,24-21-,27-25-,28-26-,33-31-,35-32-,37-36-,44-41-. The van der Waals surface area contributed by atoms with Crippen molar-refractivity contribution in [1.29, 1.82) is 0 Å². The third kappa shape index (κ3) is 60.3. The van der Waals surface area contributed by atoms with E-state index in [2.05, 4.69) is 154 Å². The van der Waals surface area contributed by atoms with Crippen LogP contribution in [0.4, 0.5) is 0 Å². The minimum Gasteiger partial charge on any atom is -0.462 e. The van der Waals surface area contributed by atoms with Gasteiger partial charge in [0.2, 0.25) is 0 Å². The number of hydrogen-bond donors (Lipinski definition) is 0. The lowest BCUT2D eigenvalue weighted by Gasteiger charge is -2.18. The summed E-state index contributed by atoms with van der Waals surface area (Å²) in [6, 6.07) is 0. The number of rotatable bonds is 54. The molecule has 0 spiro atoms. The predicted octanol–water partition coefficient (Wildman–Crippen LogP) is 21.0. The maximum atomic E-state index is 12.9. The Labute approximate surface area is 462 Å². The van der Waals surface area contributed by atoms with Crippen molar-refractivity contribution < 1.29 is 28.6 Å². The van der Waals surface area contributed by atoms with Crippen molar-refractivity contribution in [2.45, 2.75) is 271 Å². The number of unbranched alkanes of at least 4 members (excludes halogenated alkanes) is 21. The highest BCUT2D eigenvalue weighted by Gasteiger charge is 2.19. The summed E-state index contributed by atoms with van der Waals surface area (Å²) >= 11 is 0. The largest absolute Gasteiger partial charge is 0.462 e. The molecule has 0 aliphatic heterocycles. The highest BCUT2D eigenvalue weighted by atomic mass is 16.6. The van der Waals surface area contributed by atoms with Crippen molar-refractivity contribution in [3.8, 4) is 0 Å². The fraction of sp³-hybridized carbons (Fsp3) is 0.638. The molecule has 0 N–H and O–H groups in total. The van der Waals surface area contributed by atoms with E-state index in [1.54, 1.807) is 0 Å². The topological polar surface area (TPSA) is 78.9 Å². The van der Waals surface area contributed by atoms with Gasteiger partial charge in [0.15, 0.2) is 6.10 Å². The normalized spacial score (nSPS) is 13.1. The Bertz CT molecular complexity index is 1620. The molecule has 0 aliphatic carbocycles. The maximum Gasteiger partial charge on any atom is 0.306 e. The van der Waals surface area contributed by atoms with Gasteiger partial charge in [-0.2, -0.15) is 0 Å². The lowest BCUT2D eigenvalue weighted by atomic mass is 10.1. The van der Waals surface area contributed by atoms with E-state index in [0.29, 0.717) is 19.3 Å². The lowest BCUT2D eigenvalue weighted by molar-refractivity contribution is -0.167. The van der Waals surface area contributed by atoms with Crippen LogP contribution in [0.25, 0.3) is 0 Å². The van der Waals surface area contributed by atoms with Gasteiger partial charge < -0.3 is 14.2 Å². The Morgan fingerprint density at radius 1 is 0.280 bits per heavy atom. The molecule has 6 heteroatoms. The summed E-state index contributed by atoms with van der Waals surface area (Å²) in [7, 11) is 0. The first kappa shape index (κ1) is 70.5. The molecule has 0 aromatic carbocycles. The molecular weight excluding hydrogens is 925 g/mol. The second-order valence-corrected chi connectivity index (χ2v) is 19.8. The van der Waals surface area contributed by atoms with Crippen LogP contribution in [0.3, 0.4) is 0 Å². The van der Waals surface area contributed by atoms with Gasteiger partial charge in [0.05, 0.1) is 0 Å². The van der Waals surface area contributed by atoms with Crippen molar-refractivity contribution in [2.24, 2.45) is 0 Å². The van der Waals surface area contributed by atoms with Crippen LogP contribution in [0.5, 0.6) is 0 Å². The van der Waals surface area contributed by atoms with E-state index in [-0.39, 0.29) is 31.1 Å². The minimum atomic E-state index is -0.803. The van der Waals surface area contributed by atoms with Crippen LogP contribution >= 0.6 is 0 Å². The second kappa shape index (κ2) is 62.1. The van der Waals surface area contributed by atoms with E-state index in [1.165, 1.54) is 70.6 Å². The first-order chi connectivity index (χ1) is 37.0. The fourth-order valence-electron chi connectivity index (χ4n) is 8.08. The number of allylic oxidation sites excluding steroid dienone is 22. The number of hydrogen-bond acceptors (Lipinski definition) is 6. The molecule has 75 heavy (non-hydrogen) atoms. The van der Waals surface area contributed by atoms with E-state index >= 15 is 0 Å². The van der Waals surface area contributed by atoms with Gasteiger partial charge in [-0.3, -0.25) is 14.4 Å². The highest BCUT2D eigenvalue weighted by Crippen LogP contribution is 2.14. The Balaban J connectivity index is 4.45. The monoisotopic (exact) mass is 1040 g/mol. The molecule has 0 aliphatic rings. The smallest absolute Gasteiger partial charge is 0.306 e. The molecule has 0 saturated heterocycles. The summed E-state index contributed by atoms with van der Waals surface area (Å²) in [6.07, 6.45) is 87.3. The number of esters is 3. The van der Waals surface area contributed by atoms with Crippen molar-refractivity contribution in [3.05, 3.63) is 134 Å². The number of ether oxygens (including phenoxy) is 3. The molecule has 0 fully saturated rings. The third-order valence-corrected chi connectivity index (χ3v) is 12.6. The molecule has 6 nitrogen and oxygen atoms in total. The zero-order chi connectivity index (χ0) is 54.3. The van der Waals surface area contributed by atoms with Gasteiger partial charge in [-0.15, -0.1) is 0 Å². The first-order valence-corrected chi connectivity index (χ1v) is 30.7. The van der Waals surface area contributed by atoms with Gasteiger partial charge in [0.25, 0.3) is 0 Å². The van der Waals surface area contributed by atoms with Crippen molar-refractivity contribution in [2.75, 3.05) is 13.2 Å². The molecule has 1 unspecified atom stereocenters. The zero-order valence-electron chi connectivity index (χ0n) is 48.5. The molecule has 0 saturated carbocycles. The molecule has 0 aromatic rings. The van der Waals surface area contributed by atoms with Crippen molar-refractivity contribution in [1.82, 2.24) is 0 Å². The third-order valence-electron chi connectivity index (χ3n) is 12.6. The van der Waals surface area contributed by atoms with Gasteiger partial charge in [-0.1, -0.05) is 244 Å². The lowest BCUT2D eigenvalue weighted by Crippen LogP contribution is -2.30. The van der Waals surface area contributed by atoms with E-state index in [9.17, 15) is 14.4 Å². The predicted molar refractivity (Wildman–Crippen MR) is 325 cm³/mol. The van der Waals surface area contributed by atoms with Crippen LogP contribution in [0.15, 0.2) is 134 Å². The van der Waals surface area contributed by atoms with Crippen LogP contribution in [-0.2, 0) is 28.6 Å². The first-order valence-electron chi connectivity index (χ1n) is 30.7. The summed E-state index contributed by atoms with van der Waals surface area (Å²) in [5.74, 6) is -0.940. The van der Waals surface area contributed by atoms with Crippen LogP contribution in [0.1, 0.15) is 265 Å². The quantitative estimate of drug-likeness (QED) is 0.0261. The molecule has 0 radical (unpaired) electrons. The molecule has 0 bridgehead atoms. The molecule has 1 atom stereocenters. The Morgan fingerprint density at radius 3 is 0.827 bits per heavy atom. The Kier molecular flexibility index (Phi) is 58.4. The van der Waals surface area contributed by atoms with Gasteiger partial charge in [0, 0.05) is 19.3 Å². The van der Waals surface area contributed by atoms with E-state index in [0.717, 1.165) is 154 Å². The zero-order valence-corrected chi connectivity index (χ0v) is 48.5. The van der Waals surface area contributed by atoms with Gasteiger partial charge in [0.1, 0.15) is 13.2 Å². The summed E-state index contributed by atoms with van der Waals surface area (Å²) < 4.78 is 16.9. The summed E-state index contributed by atoms with van der Waals surface area (Å²) in [5.41, 5.74) is 0. The molecule has 0 aromatic heterocycles. The minimum absolute atomic E-state index is 0.0977. The van der Waals surface area contributed by atoms with Crippen LogP contribution in [-0.4, -0.2) is 37.2 Å². The van der Waals surface area contributed by atoms with Crippen LogP contribution in [0, 0.1) is 0 Å². The average Bonchev–Trinajstić information content (AvgIpc) is 3.41. The second-order valence-electron chi connectivity index (χ2n) is 19.8. The maximum absolute atomic E-state index is 12.9. The van der Waals surface area contributed by atoms with Gasteiger partial charge in [-0.05, 0) is 135 Å². The molecular formula is C69H112O6. The average molecular weight is 1040 g/mol. The van der Waals surface area contributed by atoms with Crippen LogP contribution in [0.2, 0.25) is 0 Å². The molecule has 0 rings (SSSR count). The van der Waals surface area contributed by atoms with Crippen LogP contribution < -0.4 is 0 Å². The Morgan fingerprint density at radius 2 is 0.520 bits per heavy atom. The fourth-order valence-corrected chi connectivity index (χ4v) is 8.08. The van der Waals surface area contributed by atoms with E-state index in [4.69, 9.17) is 14.2 Å². The van der Waals surface area contributed by atoms with Crippen molar-refractivity contribution >= 4 is 17.9 Å². The van der Waals surface area contributed by atoms with Crippen molar-refractivity contribution in [3.63, 3.8) is 0 Å². The van der Waals surface area contributed by atoms with Gasteiger partial charge in [-0.25, -0.2) is 0 Å². The van der Waals surface area contributed by atoms with Gasteiger partial charge >= 0.3 is 17.9 Å². The molecule has 0 heterocycles. The Hall–Kier alpha value is -4.45. The number of carbonyl (C=O) groups is 3. The molecule has 424 valence electrons. The summed E-state index contributed by atoms with van der Waals surface area (Å²) in [4.78, 5) is 38.3. The highest BCUT2D eigenvalue weighted by molar-refractivity contribution is 5.71. The van der Waals surface area contributed by atoms with E-state index < -0.39 is 6.10 Å². The SMILES string of the molecule is CC/C=C\C/C=C\C/C=C\C/C=C\C/C=C\C/C=C\CCCCCCC(=O)OCC(COC(=O)CCCCCCC/C=C\CCCCCC)OC(=O)CCCCCCCCCC/C=C\C/C=C\C/C=C\C/C=C\CC. The number of carbonyl (C=O) groups excluding carboxylic acids is 3. The van der Waals surface area contributed by atoms with E-state index in [1.807, 2.05) is 0 Å². The molecule has 0 amide bonds. The summed E-state index contributed by atoms with van der Waals surface area (Å²) in [5, 5.41) is 0. The summed E-state index contributed by atoms with van der Waals surface area (Å²) in [6.45, 7) is 6.36.